The monoisotopic (exact) mass is 299 g/mol. The first-order valence-electron chi connectivity index (χ1n) is 6.93. The van der Waals surface area contributed by atoms with Gasteiger partial charge in [0.05, 0.1) is 6.54 Å². The lowest BCUT2D eigenvalue weighted by molar-refractivity contribution is 0.267. The maximum absolute atomic E-state index is 9.17. The molecule has 21 heavy (non-hydrogen) atoms. The molecule has 0 saturated heterocycles. The number of aliphatic hydroxyl groups excluding tert-OH is 1. The summed E-state index contributed by atoms with van der Waals surface area (Å²) in [7, 11) is 0. The SMILES string of the molecule is OCCC(NCC#Cc1ccc(Cl)cc1)c1ccccc1. The molecule has 0 radical (unpaired) electrons. The fourth-order valence-corrected chi connectivity index (χ4v) is 2.18. The molecule has 0 spiro atoms. The summed E-state index contributed by atoms with van der Waals surface area (Å²) >= 11 is 5.83. The highest BCUT2D eigenvalue weighted by Crippen LogP contribution is 2.15. The van der Waals surface area contributed by atoms with Crippen molar-refractivity contribution in [3.8, 4) is 11.8 Å². The highest BCUT2D eigenvalue weighted by atomic mass is 35.5. The molecule has 0 amide bonds. The molecule has 1 unspecified atom stereocenters. The van der Waals surface area contributed by atoms with Crippen LogP contribution in [0.4, 0.5) is 0 Å². The quantitative estimate of drug-likeness (QED) is 0.829. The zero-order valence-corrected chi connectivity index (χ0v) is 12.5. The van der Waals surface area contributed by atoms with E-state index in [-0.39, 0.29) is 12.6 Å². The van der Waals surface area contributed by atoms with Gasteiger partial charge in [-0.3, -0.25) is 5.32 Å². The zero-order chi connectivity index (χ0) is 14.9. The van der Waals surface area contributed by atoms with Gasteiger partial charge in [0, 0.05) is 23.2 Å². The van der Waals surface area contributed by atoms with Crippen LogP contribution in [0.15, 0.2) is 54.6 Å². The summed E-state index contributed by atoms with van der Waals surface area (Å²) in [6.45, 7) is 0.722. The van der Waals surface area contributed by atoms with E-state index in [1.807, 2.05) is 42.5 Å². The maximum atomic E-state index is 9.17. The zero-order valence-electron chi connectivity index (χ0n) is 11.7. The highest BCUT2D eigenvalue weighted by molar-refractivity contribution is 6.30. The Bertz CT molecular complexity index is 599. The molecule has 0 aliphatic carbocycles. The Morgan fingerprint density at radius 2 is 1.76 bits per heavy atom. The summed E-state index contributed by atoms with van der Waals surface area (Å²) < 4.78 is 0. The first-order chi connectivity index (χ1) is 10.3. The molecule has 3 heteroatoms. The van der Waals surface area contributed by atoms with Gasteiger partial charge in [-0.05, 0) is 36.2 Å². The van der Waals surface area contributed by atoms with Gasteiger partial charge in [0.1, 0.15) is 0 Å². The second-order valence-electron chi connectivity index (χ2n) is 4.67. The third-order valence-electron chi connectivity index (χ3n) is 3.13. The van der Waals surface area contributed by atoms with Gasteiger partial charge in [0.25, 0.3) is 0 Å². The van der Waals surface area contributed by atoms with Crippen molar-refractivity contribution in [1.82, 2.24) is 5.32 Å². The molecule has 2 N–H and O–H groups in total. The molecule has 2 rings (SSSR count). The molecule has 0 bridgehead atoms. The number of nitrogens with one attached hydrogen (secondary N) is 1. The number of hydrogen-bond acceptors (Lipinski definition) is 2. The summed E-state index contributed by atoms with van der Waals surface area (Å²) in [5.74, 6) is 6.18. The van der Waals surface area contributed by atoms with Crippen molar-refractivity contribution in [2.45, 2.75) is 12.5 Å². The Balaban J connectivity index is 1.92. The molecule has 2 aromatic carbocycles. The van der Waals surface area contributed by atoms with Crippen molar-refractivity contribution in [3.63, 3.8) is 0 Å². The lowest BCUT2D eigenvalue weighted by Crippen LogP contribution is -2.22. The van der Waals surface area contributed by atoms with Gasteiger partial charge in [-0.25, -0.2) is 0 Å². The van der Waals surface area contributed by atoms with Crippen molar-refractivity contribution >= 4 is 11.6 Å². The molecule has 0 aliphatic rings. The fourth-order valence-electron chi connectivity index (χ4n) is 2.05. The van der Waals surface area contributed by atoms with Gasteiger partial charge in [-0.1, -0.05) is 53.8 Å². The van der Waals surface area contributed by atoms with Crippen molar-refractivity contribution in [2.24, 2.45) is 0 Å². The molecular weight excluding hydrogens is 282 g/mol. The third-order valence-corrected chi connectivity index (χ3v) is 3.39. The average Bonchev–Trinajstić information content (AvgIpc) is 2.53. The van der Waals surface area contributed by atoms with E-state index in [0.29, 0.717) is 18.0 Å². The smallest absolute Gasteiger partial charge is 0.0585 e. The van der Waals surface area contributed by atoms with Crippen LogP contribution in [0.25, 0.3) is 0 Å². The normalized spacial score (nSPS) is 11.5. The summed E-state index contributed by atoms with van der Waals surface area (Å²) in [5, 5.41) is 13.2. The molecule has 108 valence electrons. The van der Waals surface area contributed by atoms with E-state index in [1.165, 1.54) is 5.56 Å². The van der Waals surface area contributed by atoms with Crippen molar-refractivity contribution in [3.05, 3.63) is 70.7 Å². The van der Waals surface area contributed by atoms with Crippen LogP contribution in [0, 0.1) is 11.8 Å². The van der Waals surface area contributed by atoms with Crippen LogP contribution >= 0.6 is 11.6 Å². The summed E-state index contributed by atoms with van der Waals surface area (Å²) in [6.07, 6.45) is 0.673. The Kier molecular flexibility index (Phi) is 6.30. The molecule has 0 aromatic heterocycles. The molecular formula is C18H18ClNO. The van der Waals surface area contributed by atoms with Gasteiger partial charge in [-0.2, -0.15) is 0 Å². The minimum Gasteiger partial charge on any atom is -0.396 e. The minimum atomic E-state index is 0.121. The summed E-state index contributed by atoms with van der Waals surface area (Å²) in [4.78, 5) is 0. The van der Waals surface area contributed by atoms with Crippen LogP contribution in [-0.2, 0) is 0 Å². The first-order valence-corrected chi connectivity index (χ1v) is 7.31. The number of hydrogen-bond donors (Lipinski definition) is 2. The predicted molar refractivity (Wildman–Crippen MR) is 87.2 cm³/mol. The van der Waals surface area contributed by atoms with Gasteiger partial charge in [0.15, 0.2) is 0 Å². The highest BCUT2D eigenvalue weighted by Gasteiger charge is 2.08. The lowest BCUT2D eigenvalue weighted by Gasteiger charge is -2.16. The van der Waals surface area contributed by atoms with Crippen molar-refractivity contribution < 1.29 is 5.11 Å². The van der Waals surface area contributed by atoms with Gasteiger partial charge in [-0.15, -0.1) is 0 Å². The summed E-state index contributed by atoms with van der Waals surface area (Å²) in [6, 6.07) is 17.7. The molecule has 2 nitrogen and oxygen atoms in total. The molecule has 1 atom stereocenters. The maximum Gasteiger partial charge on any atom is 0.0585 e. The van der Waals surface area contributed by atoms with E-state index in [4.69, 9.17) is 16.7 Å². The number of aliphatic hydroxyl groups is 1. The average molecular weight is 300 g/mol. The van der Waals surface area contributed by atoms with Crippen LogP contribution in [0.5, 0.6) is 0 Å². The Morgan fingerprint density at radius 1 is 1.05 bits per heavy atom. The minimum absolute atomic E-state index is 0.121. The second-order valence-corrected chi connectivity index (χ2v) is 5.10. The predicted octanol–water partition coefficient (Wildman–Crippen LogP) is 3.40. The van der Waals surface area contributed by atoms with E-state index in [1.54, 1.807) is 0 Å². The van der Waals surface area contributed by atoms with E-state index < -0.39 is 0 Å². The standard InChI is InChI=1S/C18H18ClNO/c19-17-10-8-15(9-11-17)5-4-13-20-18(12-14-21)16-6-2-1-3-7-16/h1-3,6-11,18,20-21H,12-14H2. The lowest BCUT2D eigenvalue weighted by atomic mass is 10.0. The summed E-state index contributed by atoms with van der Waals surface area (Å²) in [5.41, 5.74) is 2.11. The molecule has 0 saturated carbocycles. The van der Waals surface area contributed by atoms with Crippen molar-refractivity contribution in [1.29, 1.82) is 0 Å². The van der Waals surface area contributed by atoms with Gasteiger partial charge >= 0.3 is 0 Å². The molecule has 0 fully saturated rings. The number of benzene rings is 2. The third kappa shape index (κ3) is 5.24. The van der Waals surface area contributed by atoms with Crippen LogP contribution in [-0.4, -0.2) is 18.3 Å². The second kappa shape index (κ2) is 8.49. The fraction of sp³-hybridized carbons (Fsp3) is 0.222. The van der Waals surface area contributed by atoms with E-state index >= 15 is 0 Å². The molecule has 0 aliphatic heterocycles. The Hall–Kier alpha value is -1.79. The Morgan fingerprint density at radius 3 is 2.43 bits per heavy atom. The van der Waals surface area contributed by atoms with Crippen LogP contribution in [0.2, 0.25) is 5.02 Å². The van der Waals surface area contributed by atoms with Gasteiger partial charge < -0.3 is 5.11 Å². The van der Waals surface area contributed by atoms with Crippen LogP contribution in [0.3, 0.4) is 0 Å². The van der Waals surface area contributed by atoms with Crippen LogP contribution < -0.4 is 5.32 Å². The largest absolute Gasteiger partial charge is 0.396 e. The van der Waals surface area contributed by atoms with E-state index in [0.717, 1.165) is 5.56 Å². The van der Waals surface area contributed by atoms with Crippen molar-refractivity contribution in [2.75, 3.05) is 13.2 Å². The van der Waals surface area contributed by atoms with E-state index in [2.05, 4.69) is 29.3 Å². The van der Waals surface area contributed by atoms with Gasteiger partial charge in [0.2, 0.25) is 0 Å². The Labute approximate surface area is 130 Å². The van der Waals surface area contributed by atoms with E-state index in [9.17, 15) is 0 Å². The number of halogens is 1. The molecule has 0 heterocycles. The molecule has 2 aromatic rings. The number of rotatable bonds is 5. The first kappa shape index (κ1) is 15.6. The topological polar surface area (TPSA) is 32.3 Å². The van der Waals surface area contributed by atoms with Crippen LogP contribution in [0.1, 0.15) is 23.6 Å².